The monoisotopic (exact) mass is 224 g/mol. The standard InChI is InChI=1S/C7H3Cl3O2/c8-3-1-4(9)6(11)7(12)5(10)2-3/h1-2H,(H,11,12). The van der Waals surface area contributed by atoms with Crippen LogP contribution in [-0.2, 0) is 0 Å². The van der Waals surface area contributed by atoms with Crippen LogP contribution in [0.2, 0.25) is 15.1 Å². The van der Waals surface area contributed by atoms with Gasteiger partial charge in [0.05, 0.1) is 10.0 Å². The molecule has 0 aromatic heterocycles. The number of hydrogen-bond acceptors (Lipinski definition) is 2. The molecule has 1 aromatic rings. The van der Waals surface area contributed by atoms with E-state index in [1.165, 1.54) is 12.1 Å². The summed E-state index contributed by atoms with van der Waals surface area (Å²) in [5.41, 5.74) is -0.728. The third-order valence-corrected chi connectivity index (χ3v) is 1.97. The second-order valence-corrected chi connectivity index (χ2v) is 3.30. The summed E-state index contributed by atoms with van der Waals surface area (Å²) in [7, 11) is 0. The Hall–Kier alpha value is -0.440. The summed E-state index contributed by atoms with van der Waals surface area (Å²) in [6, 6.07) is 2.46. The van der Waals surface area contributed by atoms with E-state index in [1.54, 1.807) is 0 Å². The maximum atomic E-state index is 11.0. The van der Waals surface area contributed by atoms with Crippen molar-refractivity contribution in [2.24, 2.45) is 0 Å². The van der Waals surface area contributed by atoms with Gasteiger partial charge < -0.3 is 5.11 Å². The molecule has 0 bridgehead atoms. The fraction of sp³-hybridized carbons (Fsp3) is 0. The van der Waals surface area contributed by atoms with Gasteiger partial charge in [0, 0.05) is 5.02 Å². The lowest BCUT2D eigenvalue weighted by atomic mass is 10.4. The van der Waals surface area contributed by atoms with Crippen molar-refractivity contribution in [3.8, 4) is 5.75 Å². The molecule has 0 saturated carbocycles. The minimum atomic E-state index is -0.728. The van der Waals surface area contributed by atoms with Gasteiger partial charge in [-0.15, -0.1) is 0 Å². The molecule has 0 atom stereocenters. The van der Waals surface area contributed by atoms with Crippen LogP contribution < -0.4 is 5.43 Å². The average molecular weight is 225 g/mol. The van der Waals surface area contributed by atoms with E-state index in [1.807, 2.05) is 0 Å². The first-order chi connectivity index (χ1) is 5.52. The van der Waals surface area contributed by atoms with E-state index >= 15 is 0 Å². The lowest BCUT2D eigenvalue weighted by molar-refractivity contribution is 0.471. The predicted molar refractivity (Wildman–Crippen MR) is 49.4 cm³/mol. The fourth-order valence-corrected chi connectivity index (χ4v) is 1.38. The maximum Gasteiger partial charge on any atom is 0.240 e. The quantitative estimate of drug-likeness (QED) is 0.737. The van der Waals surface area contributed by atoms with Crippen LogP contribution in [0.4, 0.5) is 0 Å². The number of rotatable bonds is 0. The van der Waals surface area contributed by atoms with Crippen LogP contribution in [0, 0.1) is 0 Å². The van der Waals surface area contributed by atoms with Gasteiger partial charge in [-0.05, 0) is 12.1 Å². The van der Waals surface area contributed by atoms with E-state index in [9.17, 15) is 4.79 Å². The van der Waals surface area contributed by atoms with E-state index < -0.39 is 11.2 Å². The Morgan fingerprint density at radius 2 is 1.58 bits per heavy atom. The van der Waals surface area contributed by atoms with Gasteiger partial charge in [0.2, 0.25) is 5.43 Å². The zero-order valence-corrected chi connectivity index (χ0v) is 7.91. The van der Waals surface area contributed by atoms with Gasteiger partial charge in [-0.1, -0.05) is 34.8 Å². The largest absolute Gasteiger partial charge is 0.503 e. The average Bonchev–Trinajstić information content (AvgIpc) is 2.05. The molecule has 2 nitrogen and oxygen atoms in total. The highest BCUT2D eigenvalue weighted by Gasteiger charge is 2.06. The van der Waals surface area contributed by atoms with Crippen LogP contribution in [-0.4, -0.2) is 5.11 Å². The molecule has 0 heterocycles. The molecule has 64 valence electrons. The first-order valence-electron chi connectivity index (χ1n) is 2.90. The van der Waals surface area contributed by atoms with Crippen LogP contribution in [0.25, 0.3) is 0 Å². The minimum Gasteiger partial charge on any atom is -0.503 e. The summed E-state index contributed by atoms with van der Waals surface area (Å²) in [6.45, 7) is 0. The molecule has 0 fully saturated rings. The molecule has 0 spiro atoms. The summed E-state index contributed by atoms with van der Waals surface area (Å²) in [5, 5.41) is 9.00. The SMILES string of the molecule is O=c1c(Cl)cc(Cl)cc(Cl)c1O. The first kappa shape index (κ1) is 9.65. The molecular formula is C7H3Cl3O2. The molecule has 1 N–H and O–H groups in total. The van der Waals surface area contributed by atoms with Gasteiger partial charge in [0.1, 0.15) is 0 Å². The van der Waals surface area contributed by atoms with Crippen molar-refractivity contribution in [2.75, 3.05) is 0 Å². The molecule has 1 aromatic carbocycles. The van der Waals surface area contributed by atoms with Gasteiger partial charge in [-0.2, -0.15) is 0 Å². The highest BCUT2D eigenvalue weighted by molar-refractivity contribution is 6.37. The zero-order valence-electron chi connectivity index (χ0n) is 5.64. The van der Waals surface area contributed by atoms with E-state index in [0.29, 0.717) is 0 Å². The molecule has 0 radical (unpaired) electrons. The Balaban J connectivity index is 3.69. The summed E-state index contributed by atoms with van der Waals surface area (Å²) in [6.07, 6.45) is 0. The molecule has 0 aliphatic rings. The van der Waals surface area contributed by atoms with E-state index in [4.69, 9.17) is 39.9 Å². The second-order valence-electron chi connectivity index (χ2n) is 2.05. The van der Waals surface area contributed by atoms with E-state index in [0.717, 1.165) is 0 Å². The van der Waals surface area contributed by atoms with Gasteiger partial charge in [0.15, 0.2) is 5.75 Å². The number of halogens is 3. The second kappa shape index (κ2) is 3.52. The normalized spacial score (nSPS) is 9.92. The van der Waals surface area contributed by atoms with E-state index in [-0.39, 0.29) is 15.1 Å². The third kappa shape index (κ3) is 1.83. The highest BCUT2D eigenvalue weighted by atomic mass is 35.5. The molecule has 12 heavy (non-hydrogen) atoms. The summed E-state index contributed by atoms with van der Waals surface area (Å²) in [4.78, 5) is 11.0. The van der Waals surface area contributed by atoms with Crippen molar-refractivity contribution >= 4 is 34.8 Å². The van der Waals surface area contributed by atoms with Crippen molar-refractivity contribution < 1.29 is 5.11 Å². The van der Waals surface area contributed by atoms with Gasteiger partial charge in [-0.25, -0.2) is 0 Å². The Labute approximate surface area is 83.3 Å². The summed E-state index contributed by atoms with van der Waals surface area (Å²) < 4.78 is 0. The summed E-state index contributed by atoms with van der Waals surface area (Å²) >= 11 is 16.5. The molecule has 5 heteroatoms. The molecule has 0 unspecified atom stereocenters. The van der Waals surface area contributed by atoms with Crippen LogP contribution >= 0.6 is 34.8 Å². The molecule has 0 amide bonds. The Morgan fingerprint density at radius 3 is 2.17 bits per heavy atom. The van der Waals surface area contributed by atoms with Crippen molar-refractivity contribution in [1.29, 1.82) is 0 Å². The van der Waals surface area contributed by atoms with Crippen LogP contribution in [0.3, 0.4) is 0 Å². The lowest BCUT2D eigenvalue weighted by Gasteiger charge is -1.85. The van der Waals surface area contributed by atoms with Crippen LogP contribution in [0.1, 0.15) is 0 Å². The van der Waals surface area contributed by atoms with E-state index in [2.05, 4.69) is 0 Å². The Bertz CT molecular complexity index is 376. The topological polar surface area (TPSA) is 37.3 Å². The Kier molecular flexibility index (Phi) is 2.83. The Morgan fingerprint density at radius 1 is 1.08 bits per heavy atom. The molecule has 1 rings (SSSR count). The van der Waals surface area contributed by atoms with Crippen LogP contribution in [0.15, 0.2) is 16.9 Å². The summed E-state index contributed by atoms with van der Waals surface area (Å²) in [5.74, 6) is -0.589. The predicted octanol–water partition coefficient (Wildman–Crippen LogP) is 2.71. The lowest BCUT2D eigenvalue weighted by Crippen LogP contribution is -1.96. The molecular weight excluding hydrogens is 222 g/mol. The molecule has 0 saturated heterocycles. The van der Waals surface area contributed by atoms with Gasteiger partial charge in [0.25, 0.3) is 0 Å². The van der Waals surface area contributed by atoms with Gasteiger partial charge in [-0.3, -0.25) is 4.79 Å². The fourth-order valence-electron chi connectivity index (χ4n) is 0.639. The highest BCUT2D eigenvalue weighted by Crippen LogP contribution is 2.23. The zero-order chi connectivity index (χ0) is 9.30. The maximum absolute atomic E-state index is 11.0. The molecule has 0 aliphatic heterocycles. The van der Waals surface area contributed by atoms with Crippen molar-refractivity contribution in [3.05, 3.63) is 37.4 Å². The third-order valence-electron chi connectivity index (χ3n) is 1.19. The van der Waals surface area contributed by atoms with Crippen molar-refractivity contribution in [1.82, 2.24) is 0 Å². The smallest absolute Gasteiger partial charge is 0.240 e. The van der Waals surface area contributed by atoms with Crippen molar-refractivity contribution in [3.63, 3.8) is 0 Å². The van der Waals surface area contributed by atoms with Crippen molar-refractivity contribution in [2.45, 2.75) is 0 Å². The van der Waals surface area contributed by atoms with Gasteiger partial charge >= 0.3 is 0 Å². The number of aromatic hydroxyl groups is 1. The first-order valence-corrected chi connectivity index (χ1v) is 4.03. The number of hydrogen-bond donors (Lipinski definition) is 1. The molecule has 0 aliphatic carbocycles. The minimum absolute atomic E-state index is 0.114. The van der Waals surface area contributed by atoms with Crippen LogP contribution in [0.5, 0.6) is 5.75 Å².